The molecule has 0 spiro atoms. The van der Waals surface area contributed by atoms with Gasteiger partial charge in [0.1, 0.15) is 0 Å². The molecule has 0 saturated heterocycles. The molecule has 1 atom stereocenters. The molecule has 0 aromatic heterocycles. The molecule has 0 bridgehead atoms. The van der Waals surface area contributed by atoms with E-state index in [1.165, 1.54) is 6.92 Å². The number of carboxylic acid groups (broad SMARTS) is 1. The maximum Gasteiger partial charge on any atom is 0.325 e. The summed E-state index contributed by atoms with van der Waals surface area (Å²) in [5, 5.41) is 16.6. The van der Waals surface area contributed by atoms with Crippen molar-refractivity contribution >= 4 is 5.97 Å². The molecule has 0 aliphatic heterocycles. The summed E-state index contributed by atoms with van der Waals surface area (Å²) in [6, 6.07) is 1.60. The van der Waals surface area contributed by atoms with Crippen molar-refractivity contribution < 1.29 is 9.90 Å². The number of hydrogen-bond acceptors (Lipinski definition) is 3. The van der Waals surface area contributed by atoms with Crippen LogP contribution in [0.3, 0.4) is 0 Å². The number of carboxylic acids is 1. The second kappa shape index (κ2) is 2.46. The summed E-state index contributed by atoms with van der Waals surface area (Å²) in [4.78, 5) is 10.2. The van der Waals surface area contributed by atoms with E-state index in [0.717, 1.165) is 0 Å². The van der Waals surface area contributed by atoms with E-state index in [1.807, 2.05) is 0 Å². The Bertz CT molecular complexity index is 161. The molecule has 4 heteroatoms. The van der Waals surface area contributed by atoms with Crippen molar-refractivity contribution in [2.45, 2.75) is 6.92 Å². The monoisotopic (exact) mass is 128 g/mol. The first-order chi connectivity index (χ1) is 4.06. The third kappa shape index (κ3) is 1.40. The number of nitrogens with zero attached hydrogens (tertiary/aromatic N) is 1. The number of rotatable bonds is 2. The van der Waals surface area contributed by atoms with Crippen molar-refractivity contribution in [2.24, 2.45) is 11.1 Å². The molecule has 1 unspecified atom stereocenters. The third-order valence-electron chi connectivity index (χ3n) is 1.13. The van der Waals surface area contributed by atoms with Crippen LogP contribution in [0.25, 0.3) is 0 Å². The van der Waals surface area contributed by atoms with Crippen LogP contribution in [-0.4, -0.2) is 17.6 Å². The summed E-state index contributed by atoms with van der Waals surface area (Å²) >= 11 is 0. The molecule has 0 amide bonds. The van der Waals surface area contributed by atoms with Crippen LogP contribution in [-0.2, 0) is 4.79 Å². The Morgan fingerprint density at radius 2 is 2.44 bits per heavy atom. The van der Waals surface area contributed by atoms with Crippen molar-refractivity contribution in [3.05, 3.63) is 0 Å². The van der Waals surface area contributed by atoms with Crippen molar-refractivity contribution in [1.29, 1.82) is 5.26 Å². The summed E-state index contributed by atoms with van der Waals surface area (Å²) in [6.07, 6.45) is 0. The number of aliphatic carboxylic acids is 1. The first-order valence-electron chi connectivity index (χ1n) is 2.41. The smallest absolute Gasteiger partial charge is 0.325 e. The molecule has 0 fully saturated rings. The van der Waals surface area contributed by atoms with Gasteiger partial charge < -0.3 is 10.8 Å². The molecule has 0 aliphatic carbocycles. The average molecular weight is 128 g/mol. The Kier molecular flexibility index (Phi) is 2.17. The third-order valence-corrected chi connectivity index (χ3v) is 1.13. The number of carbonyl (C=O) groups is 1. The highest BCUT2D eigenvalue weighted by molar-refractivity contribution is 5.77. The summed E-state index contributed by atoms with van der Waals surface area (Å²) in [6.45, 7) is 1.13. The van der Waals surface area contributed by atoms with Gasteiger partial charge >= 0.3 is 5.97 Å². The summed E-state index contributed by atoms with van der Waals surface area (Å²) in [5.41, 5.74) is 3.60. The SMILES string of the molecule is CC(C#N)(CN)C(=O)O. The molecule has 3 N–H and O–H groups in total. The lowest BCUT2D eigenvalue weighted by Gasteiger charge is -2.10. The van der Waals surface area contributed by atoms with E-state index in [2.05, 4.69) is 0 Å². The molecule has 9 heavy (non-hydrogen) atoms. The van der Waals surface area contributed by atoms with Crippen LogP contribution in [0.4, 0.5) is 0 Å². The number of nitrogens with two attached hydrogens (primary N) is 1. The predicted molar refractivity (Wildman–Crippen MR) is 30.4 cm³/mol. The fourth-order valence-electron chi connectivity index (χ4n) is 0.181. The van der Waals surface area contributed by atoms with Gasteiger partial charge in [0, 0.05) is 6.54 Å². The fourth-order valence-corrected chi connectivity index (χ4v) is 0.181. The van der Waals surface area contributed by atoms with E-state index < -0.39 is 11.4 Å². The van der Waals surface area contributed by atoms with E-state index >= 15 is 0 Å². The topological polar surface area (TPSA) is 87.1 Å². The van der Waals surface area contributed by atoms with Crippen LogP contribution in [0, 0.1) is 16.7 Å². The standard InChI is InChI=1S/C5H8N2O2/c1-5(2-6,3-7)4(8)9/h2,6H2,1H3,(H,8,9). The van der Waals surface area contributed by atoms with Crippen molar-refractivity contribution in [3.63, 3.8) is 0 Å². The van der Waals surface area contributed by atoms with Gasteiger partial charge in [-0.3, -0.25) is 4.79 Å². The molecule has 0 saturated carbocycles. The van der Waals surface area contributed by atoms with Gasteiger partial charge in [0.15, 0.2) is 5.41 Å². The van der Waals surface area contributed by atoms with Gasteiger partial charge in [0.2, 0.25) is 0 Å². The van der Waals surface area contributed by atoms with Gasteiger partial charge in [-0.2, -0.15) is 5.26 Å². The van der Waals surface area contributed by atoms with Gasteiger partial charge in [-0.1, -0.05) is 0 Å². The molecule has 0 heterocycles. The summed E-state index contributed by atoms with van der Waals surface area (Å²) in [5.74, 6) is -1.17. The second-order valence-corrected chi connectivity index (χ2v) is 1.95. The lowest BCUT2D eigenvalue weighted by Crippen LogP contribution is -2.33. The normalized spacial score (nSPS) is 15.7. The molecule has 50 valence electrons. The Morgan fingerprint density at radius 1 is 2.00 bits per heavy atom. The van der Waals surface area contributed by atoms with E-state index in [9.17, 15) is 4.79 Å². The van der Waals surface area contributed by atoms with Crippen molar-refractivity contribution in [3.8, 4) is 6.07 Å². The van der Waals surface area contributed by atoms with Gasteiger partial charge in [-0.05, 0) is 6.92 Å². The predicted octanol–water partition coefficient (Wildman–Crippen LogP) is -0.440. The fraction of sp³-hybridized carbons (Fsp3) is 0.600. The second-order valence-electron chi connectivity index (χ2n) is 1.95. The molecule has 0 aromatic rings. The average Bonchev–Trinajstić information content (AvgIpc) is 1.86. The minimum Gasteiger partial charge on any atom is -0.480 e. The van der Waals surface area contributed by atoms with Crippen molar-refractivity contribution in [2.75, 3.05) is 6.54 Å². The minimum absolute atomic E-state index is 0.154. The summed E-state index contributed by atoms with van der Waals surface area (Å²) < 4.78 is 0. The largest absolute Gasteiger partial charge is 0.480 e. The Morgan fingerprint density at radius 3 is 2.44 bits per heavy atom. The molecule has 0 radical (unpaired) electrons. The maximum atomic E-state index is 10.2. The van der Waals surface area contributed by atoms with Crippen LogP contribution >= 0.6 is 0 Å². The molecular formula is C5H8N2O2. The van der Waals surface area contributed by atoms with E-state index in [4.69, 9.17) is 16.1 Å². The maximum absolute atomic E-state index is 10.2. The zero-order valence-electron chi connectivity index (χ0n) is 5.09. The molecular weight excluding hydrogens is 120 g/mol. The molecule has 0 aliphatic rings. The minimum atomic E-state index is -1.42. The molecule has 4 nitrogen and oxygen atoms in total. The Balaban J connectivity index is 4.33. The van der Waals surface area contributed by atoms with E-state index in [0.29, 0.717) is 0 Å². The van der Waals surface area contributed by atoms with Crippen molar-refractivity contribution in [1.82, 2.24) is 0 Å². The van der Waals surface area contributed by atoms with Gasteiger partial charge in [-0.15, -0.1) is 0 Å². The molecule has 0 aromatic carbocycles. The number of hydrogen-bond donors (Lipinski definition) is 2. The summed E-state index contributed by atoms with van der Waals surface area (Å²) in [7, 11) is 0. The van der Waals surface area contributed by atoms with Gasteiger partial charge in [0.25, 0.3) is 0 Å². The highest BCUT2D eigenvalue weighted by Gasteiger charge is 2.30. The van der Waals surface area contributed by atoms with Gasteiger partial charge in [-0.25, -0.2) is 0 Å². The highest BCUT2D eigenvalue weighted by Crippen LogP contribution is 2.11. The van der Waals surface area contributed by atoms with Crippen LogP contribution in [0.1, 0.15) is 6.92 Å². The zero-order valence-corrected chi connectivity index (χ0v) is 5.09. The van der Waals surface area contributed by atoms with Crippen LogP contribution in [0.2, 0.25) is 0 Å². The van der Waals surface area contributed by atoms with E-state index in [-0.39, 0.29) is 6.54 Å². The lowest BCUT2D eigenvalue weighted by atomic mass is 9.94. The Hall–Kier alpha value is -1.08. The first-order valence-corrected chi connectivity index (χ1v) is 2.41. The van der Waals surface area contributed by atoms with Gasteiger partial charge in [0.05, 0.1) is 6.07 Å². The van der Waals surface area contributed by atoms with Crippen LogP contribution < -0.4 is 5.73 Å². The zero-order chi connectivity index (χ0) is 7.49. The highest BCUT2D eigenvalue weighted by atomic mass is 16.4. The first kappa shape index (κ1) is 7.92. The Labute approximate surface area is 52.9 Å². The van der Waals surface area contributed by atoms with E-state index in [1.54, 1.807) is 6.07 Å². The quantitative estimate of drug-likeness (QED) is 0.527. The lowest BCUT2D eigenvalue weighted by molar-refractivity contribution is -0.144. The number of nitriles is 1. The van der Waals surface area contributed by atoms with Crippen LogP contribution in [0.15, 0.2) is 0 Å². The van der Waals surface area contributed by atoms with Crippen LogP contribution in [0.5, 0.6) is 0 Å². The molecule has 0 rings (SSSR count).